The highest BCUT2D eigenvalue weighted by Crippen LogP contribution is 2.39. The third-order valence-electron chi connectivity index (χ3n) is 3.07. The number of hydrogen-bond acceptors (Lipinski definition) is 4. The fourth-order valence-electron chi connectivity index (χ4n) is 2.18. The van der Waals surface area contributed by atoms with Gasteiger partial charge in [0.05, 0.1) is 24.5 Å². The van der Waals surface area contributed by atoms with Crippen LogP contribution >= 0.6 is 11.8 Å². The number of hydrogen-bond donors (Lipinski definition) is 1. The maximum atomic E-state index is 5.34. The van der Waals surface area contributed by atoms with Gasteiger partial charge in [-0.05, 0) is 24.6 Å². The Morgan fingerprint density at radius 2 is 2.21 bits per heavy atom. The maximum Gasteiger partial charge on any atom is 0.213 e. The number of thioether (sulfide) groups is 1. The van der Waals surface area contributed by atoms with Crippen molar-refractivity contribution in [3.8, 4) is 5.88 Å². The fourth-order valence-corrected chi connectivity index (χ4v) is 3.34. The molecule has 19 heavy (non-hydrogen) atoms. The largest absolute Gasteiger partial charge is 0.478 e. The molecule has 0 bridgehead atoms. The van der Waals surface area contributed by atoms with Crippen molar-refractivity contribution >= 4 is 17.4 Å². The SMILES string of the molecule is CCOc1ccc(NC2CSc3ccccc32)cn1. The van der Waals surface area contributed by atoms with Gasteiger partial charge in [0.25, 0.3) is 0 Å². The van der Waals surface area contributed by atoms with Crippen molar-refractivity contribution < 1.29 is 4.74 Å². The molecule has 2 aromatic rings. The van der Waals surface area contributed by atoms with E-state index in [0.29, 0.717) is 18.5 Å². The quantitative estimate of drug-likeness (QED) is 0.919. The first-order valence-corrected chi connectivity index (χ1v) is 7.42. The monoisotopic (exact) mass is 272 g/mol. The molecule has 1 atom stereocenters. The topological polar surface area (TPSA) is 34.1 Å². The van der Waals surface area contributed by atoms with Gasteiger partial charge >= 0.3 is 0 Å². The van der Waals surface area contributed by atoms with Gasteiger partial charge in [0.2, 0.25) is 5.88 Å². The molecule has 1 aliphatic heterocycles. The zero-order valence-electron chi connectivity index (χ0n) is 10.8. The number of nitrogens with zero attached hydrogens (tertiary/aromatic N) is 1. The van der Waals surface area contributed by atoms with Crippen LogP contribution in [0.5, 0.6) is 5.88 Å². The van der Waals surface area contributed by atoms with Crippen molar-refractivity contribution in [3.05, 3.63) is 48.2 Å². The van der Waals surface area contributed by atoms with E-state index in [4.69, 9.17) is 4.74 Å². The van der Waals surface area contributed by atoms with E-state index in [0.717, 1.165) is 11.4 Å². The van der Waals surface area contributed by atoms with E-state index < -0.39 is 0 Å². The first-order chi connectivity index (χ1) is 9.36. The summed E-state index contributed by atoms with van der Waals surface area (Å²) in [6, 6.07) is 12.8. The average Bonchev–Trinajstić information content (AvgIpc) is 2.85. The van der Waals surface area contributed by atoms with E-state index >= 15 is 0 Å². The highest BCUT2D eigenvalue weighted by atomic mass is 32.2. The summed E-state index contributed by atoms with van der Waals surface area (Å²) in [6.45, 7) is 2.60. The summed E-state index contributed by atoms with van der Waals surface area (Å²) in [5, 5.41) is 3.53. The zero-order valence-corrected chi connectivity index (χ0v) is 11.6. The van der Waals surface area contributed by atoms with Crippen LogP contribution < -0.4 is 10.1 Å². The second-order valence-corrected chi connectivity index (χ2v) is 5.43. The number of pyridine rings is 1. The maximum absolute atomic E-state index is 5.34. The van der Waals surface area contributed by atoms with Gasteiger partial charge in [-0.1, -0.05) is 18.2 Å². The van der Waals surface area contributed by atoms with Crippen LogP contribution in [0, 0.1) is 0 Å². The predicted octanol–water partition coefficient (Wildman–Crippen LogP) is 3.74. The lowest BCUT2D eigenvalue weighted by molar-refractivity contribution is 0.327. The first-order valence-electron chi connectivity index (χ1n) is 6.44. The van der Waals surface area contributed by atoms with E-state index in [2.05, 4.69) is 34.6 Å². The fraction of sp³-hybridized carbons (Fsp3) is 0.267. The summed E-state index contributed by atoms with van der Waals surface area (Å²) < 4.78 is 5.34. The summed E-state index contributed by atoms with van der Waals surface area (Å²) in [6.07, 6.45) is 1.83. The number of anilines is 1. The summed E-state index contributed by atoms with van der Waals surface area (Å²) in [7, 11) is 0. The molecule has 1 aromatic carbocycles. The Hall–Kier alpha value is -1.68. The predicted molar refractivity (Wildman–Crippen MR) is 78.9 cm³/mol. The number of rotatable bonds is 4. The second-order valence-electron chi connectivity index (χ2n) is 4.36. The third kappa shape index (κ3) is 2.68. The number of fused-ring (bicyclic) bond motifs is 1. The van der Waals surface area contributed by atoms with Crippen molar-refractivity contribution in [1.82, 2.24) is 4.98 Å². The summed E-state index contributed by atoms with van der Waals surface area (Å²) in [4.78, 5) is 5.65. The van der Waals surface area contributed by atoms with E-state index in [1.165, 1.54) is 10.5 Å². The van der Waals surface area contributed by atoms with Gasteiger partial charge in [0.15, 0.2) is 0 Å². The average molecular weight is 272 g/mol. The Bertz CT molecular complexity index is 556. The lowest BCUT2D eigenvalue weighted by Crippen LogP contribution is -2.09. The zero-order chi connectivity index (χ0) is 13.1. The van der Waals surface area contributed by atoms with Crippen molar-refractivity contribution in [1.29, 1.82) is 0 Å². The van der Waals surface area contributed by atoms with Gasteiger partial charge < -0.3 is 10.1 Å². The third-order valence-corrected chi connectivity index (χ3v) is 4.25. The van der Waals surface area contributed by atoms with Gasteiger partial charge in [-0.2, -0.15) is 0 Å². The van der Waals surface area contributed by atoms with Gasteiger partial charge in [-0.3, -0.25) is 0 Å². The Balaban J connectivity index is 1.72. The molecule has 0 amide bonds. The van der Waals surface area contributed by atoms with Crippen molar-refractivity contribution in [3.63, 3.8) is 0 Å². The van der Waals surface area contributed by atoms with Crippen LogP contribution in [0.4, 0.5) is 5.69 Å². The van der Waals surface area contributed by atoms with Crippen molar-refractivity contribution in [2.75, 3.05) is 17.7 Å². The summed E-state index contributed by atoms with van der Waals surface area (Å²) in [5.74, 6) is 1.74. The Labute approximate surface area is 117 Å². The molecule has 1 N–H and O–H groups in total. The number of aromatic nitrogens is 1. The van der Waals surface area contributed by atoms with Crippen LogP contribution in [0.15, 0.2) is 47.5 Å². The van der Waals surface area contributed by atoms with Crippen molar-refractivity contribution in [2.45, 2.75) is 17.9 Å². The van der Waals surface area contributed by atoms with Gasteiger partial charge in [0, 0.05) is 16.7 Å². The molecule has 2 heterocycles. The van der Waals surface area contributed by atoms with Crippen LogP contribution in [0.1, 0.15) is 18.5 Å². The van der Waals surface area contributed by atoms with Crippen LogP contribution in [0.3, 0.4) is 0 Å². The van der Waals surface area contributed by atoms with E-state index in [-0.39, 0.29) is 0 Å². The first kappa shape index (κ1) is 12.4. The Morgan fingerprint density at radius 1 is 1.32 bits per heavy atom. The molecule has 0 radical (unpaired) electrons. The lowest BCUT2D eigenvalue weighted by atomic mass is 10.1. The lowest BCUT2D eigenvalue weighted by Gasteiger charge is -2.14. The minimum absolute atomic E-state index is 0.362. The van der Waals surface area contributed by atoms with E-state index in [9.17, 15) is 0 Å². The molecule has 0 aliphatic carbocycles. The minimum Gasteiger partial charge on any atom is -0.478 e. The van der Waals surface area contributed by atoms with Crippen LogP contribution in [0.25, 0.3) is 0 Å². The Morgan fingerprint density at radius 3 is 3.00 bits per heavy atom. The van der Waals surface area contributed by atoms with Crippen LogP contribution in [0.2, 0.25) is 0 Å². The standard InChI is InChI=1S/C15H16N2OS/c1-2-18-15-8-7-11(9-16-15)17-13-10-19-14-6-4-3-5-12(13)14/h3-9,13,17H,2,10H2,1H3. The molecular weight excluding hydrogens is 256 g/mol. The van der Waals surface area contributed by atoms with Gasteiger partial charge in [0.1, 0.15) is 0 Å². The van der Waals surface area contributed by atoms with Gasteiger partial charge in [-0.15, -0.1) is 11.8 Å². The number of benzene rings is 1. The van der Waals surface area contributed by atoms with E-state index in [1.54, 1.807) is 0 Å². The second kappa shape index (κ2) is 5.53. The van der Waals surface area contributed by atoms with E-state index in [1.807, 2.05) is 37.0 Å². The van der Waals surface area contributed by atoms with Gasteiger partial charge in [-0.25, -0.2) is 4.98 Å². The summed E-state index contributed by atoms with van der Waals surface area (Å²) >= 11 is 1.90. The molecule has 0 saturated heterocycles. The summed E-state index contributed by atoms with van der Waals surface area (Å²) in [5.41, 5.74) is 2.41. The van der Waals surface area contributed by atoms with Crippen LogP contribution in [-0.2, 0) is 0 Å². The molecule has 0 spiro atoms. The minimum atomic E-state index is 0.362. The molecular formula is C15H16N2OS. The number of ether oxygens (including phenoxy) is 1. The highest BCUT2D eigenvalue weighted by Gasteiger charge is 2.22. The molecule has 98 valence electrons. The molecule has 1 aliphatic rings. The molecule has 0 fully saturated rings. The molecule has 4 heteroatoms. The normalized spacial score (nSPS) is 17.0. The smallest absolute Gasteiger partial charge is 0.213 e. The molecule has 1 unspecified atom stereocenters. The number of nitrogens with one attached hydrogen (secondary N) is 1. The molecule has 3 rings (SSSR count). The Kier molecular flexibility index (Phi) is 3.60. The van der Waals surface area contributed by atoms with Crippen molar-refractivity contribution in [2.24, 2.45) is 0 Å². The molecule has 1 aromatic heterocycles. The molecule has 3 nitrogen and oxygen atoms in total. The molecule has 0 saturated carbocycles. The highest BCUT2D eigenvalue weighted by molar-refractivity contribution is 7.99. The van der Waals surface area contributed by atoms with Crippen LogP contribution in [-0.4, -0.2) is 17.3 Å².